The van der Waals surface area contributed by atoms with Crippen molar-refractivity contribution in [1.29, 1.82) is 0 Å². The van der Waals surface area contributed by atoms with Crippen LogP contribution in [0.1, 0.15) is 10.4 Å². The summed E-state index contributed by atoms with van der Waals surface area (Å²) in [5.74, 6) is -0.0296. The van der Waals surface area contributed by atoms with E-state index in [0.717, 1.165) is 5.56 Å². The highest BCUT2D eigenvalue weighted by molar-refractivity contribution is 6.00. The van der Waals surface area contributed by atoms with Crippen LogP contribution in [-0.2, 0) is 0 Å². The van der Waals surface area contributed by atoms with Crippen molar-refractivity contribution in [2.24, 2.45) is 0 Å². The van der Waals surface area contributed by atoms with Gasteiger partial charge >= 0.3 is 6.03 Å². The highest BCUT2D eigenvalue weighted by Gasteiger charge is 2.53. The molecule has 1 aromatic carbocycles. The van der Waals surface area contributed by atoms with Gasteiger partial charge in [-0.2, -0.15) is 0 Å². The Labute approximate surface area is 144 Å². The molecule has 2 fully saturated rings. The molecule has 0 saturated carbocycles. The summed E-state index contributed by atoms with van der Waals surface area (Å²) in [6.45, 7) is 1.52. The van der Waals surface area contributed by atoms with Crippen molar-refractivity contribution in [2.45, 2.75) is 5.54 Å². The molecule has 128 valence electrons. The fraction of sp³-hybridized carbons (Fsp3) is 0.294. The van der Waals surface area contributed by atoms with Crippen LogP contribution in [-0.4, -0.2) is 63.9 Å². The Bertz CT molecular complexity index is 847. The van der Waals surface area contributed by atoms with Gasteiger partial charge in [-0.15, -0.1) is 0 Å². The molecule has 25 heavy (non-hydrogen) atoms. The Balaban J connectivity index is 1.61. The maximum Gasteiger partial charge on any atom is 0.317 e. The molecule has 1 aromatic heterocycles. The van der Waals surface area contributed by atoms with Gasteiger partial charge in [-0.3, -0.25) is 4.79 Å². The molecule has 2 saturated heterocycles. The lowest BCUT2D eigenvalue weighted by molar-refractivity contribution is 0.00777. The van der Waals surface area contributed by atoms with Crippen LogP contribution in [0.15, 0.2) is 36.5 Å². The number of rotatable bonds is 2. The Morgan fingerprint density at radius 1 is 1.28 bits per heavy atom. The van der Waals surface area contributed by atoms with Crippen molar-refractivity contribution in [1.82, 2.24) is 25.1 Å². The number of urea groups is 1. The maximum atomic E-state index is 12.9. The molecule has 0 atom stereocenters. The summed E-state index contributed by atoms with van der Waals surface area (Å²) < 4.78 is 0. The number of carbonyl (C=O) groups is 2. The standard InChI is InChI=1S/C17H18N6O2/c1-22-16(25)20-8-17(22)9-23(10-17)14(24)12-7-19-15(18)21-13(12)11-5-3-2-4-6-11/h2-7H,8-10H2,1H3,(H,20,25)(H2,18,19,21). The van der Waals surface area contributed by atoms with E-state index in [9.17, 15) is 9.59 Å². The number of amides is 3. The number of carbonyl (C=O) groups excluding carboxylic acids is 2. The Morgan fingerprint density at radius 3 is 2.64 bits per heavy atom. The molecule has 0 bridgehead atoms. The third-order valence-corrected chi connectivity index (χ3v) is 4.93. The molecule has 3 heterocycles. The number of nitrogens with zero attached hydrogens (tertiary/aromatic N) is 4. The third-order valence-electron chi connectivity index (χ3n) is 4.93. The normalized spacial score (nSPS) is 18.2. The fourth-order valence-corrected chi connectivity index (χ4v) is 3.36. The van der Waals surface area contributed by atoms with E-state index in [4.69, 9.17) is 5.73 Å². The second kappa shape index (κ2) is 5.44. The Morgan fingerprint density at radius 2 is 2.00 bits per heavy atom. The van der Waals surface area contributed by atoms with Crippen LogP contribution in [0.25, 0.3) is 11.3 Å². The first-order valence-electron chi connectivity index (χ1n) is 7.99. The molecular formula is C17H18N6O2. The number of likely N-dealkylation sites (tertiary alicyclic amines) is 1. The van der Waals surface area contributed by atoms with Gasteiger partial charge in [0.05, 0.1) is 16.8 Å². The minimum absolute atomic E-state index is 0.104. The monoisotopic (exact) mass is 338 g/mol. The van der Waals surface area contributed by atoms with Crippen LogP contribution in [0, 0.1) is 0 Å². The predicted molar refractivity (Wildman–Crippen MR) is 91.7 cm³/mol. The third kappa shape index (κ3) is 2.37. The molecular weight excluding hydrogens is 320 g/mol. The van der Waals surface area contributed by atoms with E-state index in [2.05, 4.69) is 15.3 Å². The van der Waals surface area contributed by atoms with Gasteiger partial charge in [0.25, 0.3) is 5.91 Å². The lowest BCUT2D eigenvalue weighted by atomic mass is 9.88. The molecule has 0 radical (unpaired) electrons. The first-order chi connectivity index (χ1) is 12.0. The molecule has 0 unspecified atom stereocenters. The van der Waals surface area contributed by atoms with Gasteiger partial charge in [0.2, 0.25) is 5.95 Å². The van der Waals surface area contributed by atoms with Crippen molar-refractivity contribution in [3.8, 4) is 11.3 Å². The Kier molecular flexibility index (Phi) is 3.34. The highest BCUT2D eigenvalue weighted by atomic mass is 16.2. The van der Waals surface area contributed by atoms with E-state index in [1.165, 1.54) is 6.20 Å². The average Bonchev–Trinajstić information content (AvgIpc) is 2.89. The molecule has 2 aromatic rings. The molecule has 8 nitrogen and oxygen atoms in total. The summed E-state index contributed by atoms with van der Waals surface area (Å²) in [4.78, 5) is 36.3. The summed E-state index contributed by atoms with van der Waals surface area (Å²) in [6, 6.07) is 9.31. The molecule has 3 amide bonds. The van der Waals surface area contributed by atoms with Gasteiger partial charge in [-0.05, 0) is 0 Å². The number of benzene rings is 1. The number of hydrogen-bond donors (Lipinski definition) is 2. The number of hydrogen-bond acceptors (Lipinski definition) is 5. The largest absolute Gasteiger partial charge is 0.368 e. The lowest BCUT2D eigenvalue weighted by Crippen LogP contribution is -2.70. The summed E-state index contributed by atoms with van der Waals surface area (Å²) in [5, 5.41) is 2.81. The second-order valence-electron chi connectivity index (χ2n) is 6.46. The van der Waals surface area contributed by atoms with E-state index in [0.29, 0.717) is 30.9 Å². The zero-order chi connectivity index (χ0) is 17.6. The number of nitrogens with two attached hydrogens (primary N) is 1. The fourth-order valence-electron chi connectivity index (χ4n) is 3.36. The first kappa shape index (κ1) is 15.4. The van der Waals surface area contributed by atoms with Gasteiger partial charge in [0, 0.05) is 38.4 Å². The number of nitrogen functional groups attached to an aromatic ring is 1. The SMILES string of the molecule is CN1C(=O)NCC12CN(C(=O)c1cnc(N)nc1-c1ccccc1)C2. The molecule has 3 N–H and O–H groups in total. The Hall–Kier alpha value is -3.16. The van der Waals surface area contributed by atoms with E-state index < -0.39 is 0 Å². The summed E-state index contributed by atoms with van der Waals surface area (Å²) in [5.41, 5.74) is 7.15. The van der Waals surface area contributed by atoms with Crippen LogP contribution in [0.2, 0.25) is 0 Å². The summed E-state index contributed by atoms with van der Waals surface area (Å²) >= 11 is 0. The van der Waals surface area contributed by atoms with Crippen LogP contribution in [0.3, 0.4) is 0 Å². The average molecular weight is 338 g/mol. The van der Waals surface area contributed by atoms with E-state index in [-0.39, 0.29) is 23.4 Å². The number of anilines is 1. The number of aromatic nitrogens is 2. The van der Waals surface area contributed by atoms with Gasteiger partial charge in [-0.1, -0.05) is 30.3 Å². The van der Waals surface area contributed by atoms with Gasteiger partial charge in [-0.25, -0.2) is 14.8 Å². The smallest absolute Gasteiger partial charge is 0.317 e. The maximum absolute atomic E-state index is 12.9. The molecule has 2 aliphatic rings. The number of nitrogens with one attached hydrogen (secondary N) is 1. The van der Waals surface area contributed by atoms with E-state index >= 15 is 0 Å². The van der Waals surface area contributed by atoms with Gasteiger partial charge in [0.15, 0.2) is 0 Å². The predicted octanol–water partition coefficient (Wildman–Crippen LogP) is 0.575. The number of likely N-dealkylation sites (N-methyl/N-ethyl adjacent to an activating group) is 1. The van der Waals surface area contributed by atoms with Crippen molar-refractivity contribution in [3.63, 3.8) is 0 Å². The zero-order valence-electron chi connectivity index (χ0n) is 13.8. The minimum Gasteiger partial charge on any atom is -0.368 e. The van der Waals surface area contributed by atoms with Crippen molar-refractivity contribution < 1.29 is 9.59 Å². The summed E-state index contributed by atoms with van der Waals surface area (Å²) in [6.07, 6.45) is 1.47. The van der Waals surface area contributed by atoms with Crippen molar-refractivity contribution in [3.05, 3.63) is 42.1 Å². The quantitative estimate of drug-likeness (QED) is 0.833. The van der Waals surface area contributed by atoms with Crippen LogP contribution in [0.4, 0.5) is 10.7 Å². The molecule has 2 aliphatic heterocycles. The van der Waals surface area contributed by atoms with Crippen LogP contribution < -0.4 is 11.1 Å². The lowest BCUT2D eigenvalue weighted by Gasteiger charge is -2.50. The first-order valence-corrected chi connectivity index (χ1v) is 7.99. The van der Waals surface area contributed by atoms with E-state index in [1.807, 2.05) is 30.3 Å². The van der Waals surface area contributed by atoms with Crippen molar-refractivity contribution in [2.75, 3.05) is 32.4 Å². The molecule has 1 spiro atoms. The van der Waals surface area contributed by atoms with Crippen LogP contribution >= 0.6 is 0 Å². The minimum atomic E-state index is -0.311. The molecule has 0 aliphatic carbocycles. The van der Waals surface area contributed by atoms with Crippen molar-refractivity contribution >= 4 is 17.9 Å². The molecule has 4 rings (SSSR count). The van der Waals surface area contributed by atoms with Crippen LogP contribution in [0.5, 0.6) is 0 Å². The zero-order valence-corrected chi connectivity index (χ0v) is 13.8. The molecule has 8 heteroatoms. The summed E-state index contributed by atoms with van der Waals surface area (Å²) in [7, 11) is 1.76. The second-order valence-corrected chi connectivity index (χ2v) is 6.46. The van der Waals surface area contributed by atoms with E-state index in [1.54, 1.807) is 16.8 Å². The van der Waals surface area contributed by atoms with Gasteiger partial charge in [0.1, 0.15) is 0 Å². The highest BCUT2D eigenvalue weighted by Crippen LogP contribution is 2.32. The van der Waals surface area contributed by atoms with Gasteiger partial charge < -0.3 is 20.9 Å². The topological polar surface area (TPSA) is 104 Å².